The highest BCUT2D eigenvalue weighted by Crippen LogP contribution is 2.36. The first-order chi connectivity index (χ1) is 21.8. The number of nitrogens with zero attached hydrogens (tertiary/aromatic N) is 3. The zero-order chi connectivity index (χ0) is 33.2. The number of halogens is 3. The Bertz CT molecular complexity index is 1610. The summed E-state index contributed by atoms with van der Waals surface area (Å²) in [6, 6.07) is 12.1. The number of carbonyl (C=O) groups excluding carboxylic acids is 4. The molecule has 0 saturated carbocycles. The monoisotopic (exact) mass is 640 g/mol. The van der Waals surface area contributed by atoms with Crippen LogP contribution in [0.4, 0.5) is 24.5 Å². The summed E-state index contributed by atoms with van der Waals surface area (Å²) in [4.78, 5) is 59.6. The van der Waals surface area contributed by atoms with Crippen molar-refractivity contribution in [2.75, 3.05) is 50.5 Å². The highest BCUT2D eigenvalue weighted by molar-refractivity contribution is 6.02. The number of hydrogen-bond acceptors (Lipinski definition) is 5. The number of carbonyl (C=O) groups is 4. The van der Waals surface area contributed by atoms with E-state index in [0.29, 0.717) is 30.9 Å². The van der Waals surface area contributed by atoms with Gasteiger partial charge in [0.1, 0.15) is 6.04 Å². The molecule has 10 nitrogen and oxygen atoms in total. The maximum absolute atomic E-state index is 14.6. The number of likely N-dealkylation sites (tertiary alicyclic amines) is 1. The van der Waals surface area contributed by atoms with E-state index in [1.54, 1.807) is 11.0 Å². The molecule has 246 valence electrons. The first kappa shape index (κ1) is 33.0. The SMILES string of the molecule is CC(=O)Nc1cccc2c1CC(CN(C)C)CN2C(=O)[C@@H](Cc1c[nH]c2ccccc12)NC(=O)C1CCN(C(=O)C(F)(F)F)CC1. The summed E-state index contributed by atoms with van der Waals surface area (Å²) in [6.45, 7) is 2.11. The minimum atomic E-state index is -4.97. The van der Waals surface area contributed by atoms with Crippen molar-refractivity contribution in [1.82, 2.24) is 20.1 Å². The molecule has 4 amide bonds. The maximum Gasteiger partial charge on any atom is 0.471 e. The van der Waals surface area contributed by atoms with Gasteiger partial charge >= 0.3 is 12.1 Å². The van der Waals surface area contributed by atoms with Crippen LogP contribution in [0.3, 0.4) is 0 Å². The lowest BCUT2D eigenvalue weighted by Gasteiger charge is -2.39. The minimum absolute atomic E-state index is 0.0429. The molecule has 3 aromatic rings. The Labute approximate surface area is 265 Å². The molecule has 0 spiro atoms. The van der Waals surface area contributed by atoms with Gasteiger partial charge < -0.3 is 30.3 Å². The molecule has 2 atom stereocenters. The fraction of sp³-hybridized carbons (Fsp3) is 0.455. The van der Waals surface area contributed by atoms with Gasteiger partial charge in [-0.15, -0.1) is 0 Å². The van der Waals surface area contributed by atoms with Gasteiger partial charge in [-0.3, -0.25) is 19.2 Å². The van der Waals surface area contributed by atoms with Crippen LogP contribution in [0.25, 0.3) is 10.9 Å². The van der Waals surface area contributed by atoms with Crippen molar-refractivity contribution < 1.29 is 32.3 Å². The standard InChI is InChI=1S/C33H39F3N6O4/c1-20(43)38-27-9-6-10-29-25(27)15-21(18-40(2)3)19-42(29)31(45)28(16-23-17-37-26-8-5-4-7-24(23)26)39-30(44)22-11-13-41(14-12-22)32(46)33(34,35)36/h4-10,17,21-22,28,37H,11-16,18-19H2,1-3H3,(H,38,43)(H,39,44)/t21?,28-/m1/s1. The van der Waals surface area contributed by atoms with E-state index in [-0.39, 0.29) is 50.1 Å². The van der Waals surface area contributed by atoms with Crippen molar-refractivity contribution in [1.29, 1.82) is 0 Å². The largest absolute Gasteiger partial charge is 0.471 e. The van der Waals surface area contributed by atoms with Crippen LogP contribution in [-0.4, -0.2) is 90.9 Å². The number of benzene rings is 2. The predicted octanol–water partition coefficient (Wildman–Crippen LogP) is 3.72. The van der Waals surface area contributed by atoms with E-state index in [4.69, 9.17) is 0 Å². The average molecular weight is 641 g/mol. The number of rotatable bonds is 8. The van der Waals surface area contributed by atoms with E-state index in [9.17, 15) is 32.3 Å². The summed E-state index contributed by atoms with van der Waals surface area (Å²) < 4.78 is 38.9. The molecule has 2 aliphatic heterocycles. The smallest absolute Gasteiger partial charge is 0.361 e. The normalized spacial score (nSPS) is 17.9. The number of hydrogen-bond donors (Lipinski definition) is 3. The average Bonchev–Trinajstić information content (AvgIpc) is 3.41. The van der Waals surface area contributed by atoms with Gasteiger partial charge in [0, 0.05) is 73.9 Å². The quantitative estimate of drug-likeness (QED) is 0.347. The Morgan fingerprint density at radius 2 is 1.76 bits per heavy atom. The molecule has 0 radical (unpaired) electrons. The zero-order valence-electron chi connectivity index (χ0n) is 26.1. The van der Waals surface area contributed by atoms with Crippen LogP contribution in [0, 0.1) is 11.8 Å². The van der Waals surface area contributed by atoms with Crippen LogP contribution in [0.2, 0.25) is 0 Å². The minimum Gasteiger partial charge on any atom is -0.361 e. The summed E-state index contributed by atoms with van der Waals surface area (Å²) in [5.41, 5.74) is 3.83. The van der Waals surface area contributed by atoms with Gasteiger partial charge in [0.05, 0.1) is 0 Å². The first-order valence-corrected chi connectivity index (χ1v) is 15.4. The Hall–Kier alpha value is -4.39. The third-order valence-electron chi connectivity index (χ3n) is 8.68. The van der Waals surface area contributed by atoms with E-state index in [2.05, 4.69) is 15.6 Å². The molecule has 5 rings (SSSR count). The number of anilines is 2. The molecule has 0 aliphatic carbocycles. The number of H-pyrrole nitrogens is 1. The lowest BCUT2D eigenvalue weighted by Crippen LogP contribution is -2.55. The Balaban J connectivity index is 1.44. The number of aromatic nitrogens is 1. The van der Waals surface area contributed by atoms with Gasteiger partial charge in [-0.1, -0.05) is 24.3 Å². The van der Waals surface area contributed by atoms with Crippen molar-refractivity contribution in [3.05, 3.63) is 59.8 Å². The summed E-state index contributed by atoms with van der Waals surface area (Å²) >= 11 is 0. The van der Waals surface area contributed by atoms with Crippen molar-refractivity contribution in [3.8, 4) is 0 Å². The maximum atomic E-state index is 14.6. The summed E-state index contributed by atoms with van der Waals surface area (Å²) in [5.74, 6) is -3.51. The fourth-order valence-electron chi connectivity index (χ4n) is 6.63. The van der Waals surface area contributed by atoms with Gasteiger partial charge in [0.15, 0.2) is 0 Å². The number of para-hydroxylation sites is 1. The van der Waals surface area contributed by atoms with Crippen LogP contribution in [0.1, 0.15) is 30.9 Å². The van der Waals surface area contributed by atoms with E-state index in [0.717, 1.165) is 26.9 Å². The zero-order valence-corrected chi connectivity index (χ0v) is 26.1. The second-order valence-electron chi connectivity index (χ2n) is 12.5. The van der Waals surface area contributed by atoms with E-state index in [1.165, 1.54) is 6.92 Å². The van der Waals surface area contributed by atoms with Crippen LogP contribution < -0.4 is 15.5 Å². The fourth-order valence-corrected chi connectivity index (χ4v) is 6.63. The van der Waals surface area contributed by atoms with Gasteiger partial charge in [-0.2, -0.15) is 13.2 Å². The molecule has 1 aromatic heterocycles. The molecule has 1 unspecified atom stereocenters. The summed E-state index contributed by atoms with van der Waals surface area (Å²) in [6.07, 6.45) is -2.23. The number of fused-ring (bicyclic) bond motifs is 2. The van der Waals surface area contributed by atoms with Gasteiger partial charge in [-0.25, -0.2) is 0 Å². The summed E-state index contributed by atoms with van der Waals surface area (Å²) in [5, 5.41) is 6.74. The van der Waals surface area contributed by atoms with E-state index < -0.39 is 30.0 Å². The van der Waals surface area contributed by atoms with Crippen molar-refractivity contribution in [2.24, 2.45) is 11.8 Å². The lowest BCUT2D eigenvalue weighted by atomic mass is 9.89. The van der Waals surface area contributed by atoms with E-state index in [1.807, 2.05) is 61.6 Å². The number of aromatic amines is 1. The molecule has 13 heteroatoms. The molecule has 2 aromatic carbocycles. The highest BCUT2D eigenvalue weighted by Gasteiger charge is 2.44. The molecule has 46 heavy (non-hydrogen) atoms. The predicted molar refractivity (Wildman–Crippen MR) is 168 cm³/mol. The third-order valence-corrected chi connectivity index (χ3v) is 8.68. The molecule has 2 aliphatic rings. The molecule has 0 bridgehead atoms. The van der Waals surface area contributed by atoms with Gasteiger partial charge in [0.25, 0.3) is 0 Å². The summed E-state index contributed by atoms with van der Waals surface area (Å²) in [7, 11) is 3.91. The highest BCUT2D eigenvalue weighted by atomic mass is 19.4. The number of alkyl halides is 3. The number of nitrogens with one attached hydrogen (secondary N) is 3. The number of piperidine rings is 1. The van der Waals surface area contributed by atoms with Crippen LogP contribution in [0.5, 0.6) is 0 Å². The molecule has 3 heterocycles. The van der Waals surface area contributed by atoms with Gasteiger partial charge in [-0.05, 0) is 68.6 Å². The Kier molecular flexibility index (Phi) is 9.71. The third kappa shape index (κ3) is 7.35. The topological polar surface area (TPSA) is 118 Å². The molecular weight excluding hydrogens is 601 g/mol. The van der Waals surface area contributed by atoms with Crippen LogP contribution in [0.15, 0.2) is 48.7 Å². The van der Waals surface area contributed by atoms with Gasteiger partial charge in [0.2, 0.25) is 17.7 Å². The molecule has 1 fully saturated rings. The van der Waals surface area contributed by atoms with E-state index >= 15 is 0 Å². The molecular formula is C33H39F3N6O4. The van der Waals surface area contributed by atoms with Crippen molar-refractivity contribution in [2.45, 2.75) is 44.8 Å². The molecule has 1 saturated heterocycles. The number of amides is 4. The Morgan fingerprint density at radius 1 is 1.04 bits per heavy atom. The second-order valence-corrected chi connectivity index (χ2v) is 12.5. The lowest BCUT2D eigenvalue weighted by molar-refractivity contribution is -0.186. The van der Waals surface area contributed by atoms with Crippen molar-refractivity contribution >= 4 is 45.9 Å². The first-order valence-electron chi connectivity index (χ1n) is 15.4. The van der Waals surface area contributed by atoms with Crippen LogP contribution in [-0.2, 0) is 32.0 Å². The Morgan fingerprint density at radius 3 is 2.43 bits per heavy atom. The van der Waals surface area contributed by atoms with Crippen LogP contribution >= 0.6 is 0 Å². The van der Waals surface area contributed by atoms with Crippen molar-refractivity contribution in [3.63, 3.8) is 0 Å². The second kappa shape index (κ2) is 13.5. The molecule has 3 N–H and O–H groups in total.